The number of carbonyl (C=O) groups is 2. The predicted molar refractivity (Wildman–Crippen MR) is 137 cm³/mol. The van der Waals surface area contributed by atoms with Gasteiger partial charge in [0, 0.05) is 6.42 Å². The van der Waals surface area contributed by atoms with Gasteiger partial charge in [0.1, 0.15) is 17.2 Å². The molecule has 0 spiro atoms. The molecule has 1 N–H and O–H groups in total. The summed E-state index contributed by atoms with van der Waals surface area (Å²) in [5.41, 5.74) is 3.64. The Morgan fingerprint density at radius 3 is 2.03 bits per heavy atom. The number of halogens is 2. The molecule has 1 saturated heterocycles. The molecule has 36 heavy (non-hydrogen) atoms. The van der Waals surface area contributed by atoms with E-state index >= 15 is 0 Å². The molecule has 0 aromatic heterocycles. The second kappa shape index (κ2) is 9.95. The molecule has 6 heteroatoms. The van der Waals surface area contributed by atoms with Crippen molar-refractivity contribution in [2.75, 3.05) is 0 Å². The Bertz CT molecular complexity index is 1160. The fraction of sp³-hybridized carbons (Fsp3) is 0.533. The number of fused-ring (bicyclic) bond motifs is 1. The van der Waals surface area contributed by atoms with Crippen LogP contribution in [-0.4, -0.2) is 22.6 Å². The molecule has 2 aromatic rings. The quantitative estimate of drug-likeness (QED) is 0.440. The van der Waals surface area contributed by atoms with Crippen molar-refractivity contribution < 1.29 is 28.2 Å². The maximum Gasteiger partial charge on any atom is 0.314 e. The number of rotatable bonds is 4. The van der Waals surface area contributed by atoms with E-state index in [9.17, 15) is 23.5 Å². The summed E-state index contributed by atoms with van der Waals surface area (Å²) in [5, 5.41) is 9.37. The molecule has 1 aliphatic carbocycles. The lowest BCUT2D eigenvalue weighted by Crippen LogP contribution is -2.17. The molecule has 2 aliphatic rings. The highest BCUT2D eigenvalue weighted by Crippen LogP contribution is 2.49. The second-order valence-corrected chi connectivity index (χ2v) is 12.0. The zero-order valence-corrected chi connectivity index (χ0v) is 22.5. The van der Waals surface area contributed by atoms with Crippen LogP contribution in [0.15, 0.2) is 30.3 Å². The summed E-state index contributed by atoms with van der Waals surface area (Å²) in [6, 6.07) is 7.65. The third kappa shape index (κ3) is 5.63. The standard InChI is InChI=1S/2C15H19FO2/c1-8(2)10-5-9(16)6-12-13(10)11(14(17)18)7-15(12,3)4;1-9(2)12-7-10(16)5-6-11(12)13-8-15(3,4)18-14(13)17/h5-6,8,11H,7H2,1-4H3,(H,17,18);5-7,9,13H,8H2,1-4H3. The van der Waals surface area contributed by atoms with E-state index in [1.807, 2.05) is 55.4 Å². The van der Waals surface area contributed by atoms with Gasteiger partial charge in [0.25, 0.3) is 0 Å². The van der Waals surface area contributed by atoms with Gasteiger partial charge >= 0.3 is 11.9 Å². The maximum absolute atomic E-state index is 13.7. The maximum atomic E-state index is 13.7. The van der Waals surface area contributed by atoms with Crippen LogP contribution in [0.25, 0.3) is 0 Å². The van der Waals surface area contributed by atoms with Gasteiger partial charge in [-0.3, -0.25) is 9.59 Å². The van der Waals surface area contributed by atoms with Crippen LogP contribution in [0.3, 0.4) is 0 Å². The van der Waals surface area contributed by atoms with Crippen LogP contribution >= 0.6 is 0 Å². The van der Waals surface area contributed by atoms with E-state index in [0.29, 0.717) is 12.8 Å². The molecular weight excluding hydrogens is 462 g/mol. The van der Waals surface area contributed by atoms with E-state index in [4.69, 9.17) is 4.74 Å². The van der Waals surface area contributed by atoms with Crippen LogP contribution in [0.4, 0.5) is 8.78 Å². The largest absolute Gasteiger partial charge is 0.481 e. The monoisotopic (exact) mass is 500 g/mol. The van der Waals surface area contributed by atoms with Crippen LogP contribution in [0.1, 0.15) is 120 Å². The first-order valence-corrected chi connectivity index (χ1v) is 12.6. The van der Waals surface area contributed by atoms with Gasteiger partial charge in [-0.15, -0.1) is 0 Å². The summed E-state index contributed by atoms with van der Waals surface area (Å²) in [5.74, 6) is -1.99. The summed E-state index contributed by atoms with van der Waals surface area (Å²) in [6.07, 6.45) is 1.19. The zero-order chi connectivity index (χ0) is 27.2. The van der Waals surface area contributed by atoms with Crippen LogP contribution in [0.5, 0.6) is 0 Å². The van der Waals surface area contributed by atoms with Gasteiger partial charge in [-0.05, 0) is 89.6 Å². The van der Waals surface area contributed by atoms with Gasteiger partial charge in [0.15, 0.2) is 0 Å². The van der Waals surface area contributed by atoms with Crippen LogP contribution in [-0.2, 0) is 19.7 Å². The minimum absolute atomic E-state index is 0.130. The Hall–Kier alpha value is -2.76. The predicted octanol–water partition coefficient (Wildman–Crippen LogP) is 7.56. The lowest BCUT2D eigenvalue weighted by atomic mass is 9.85. The number of carboxylic acid groups (broad SMARTS) is 1. The number of hydrogen-bond acceptors (Lipinski definition) is 3. The van der Waals surface area contributed by atoms with Gasteiger partial charge < -0.3 is 9.84 Å². The molecule has 0 radical (unpaired) electrons. The molecule has 1 fully saturated rings. The molecule has 1 heterocycles. The number of benzene rings is 2. The topological polar surface area (TPSA) is 63.6 Å². The number of esters is 1. The third-order valence-electron chi connectivity index (χ3n) is 7.29. The van der Waals surface area contributed by atoms with Gasteiger partial charge in [0.2, 0.25) is 0 Å². The molecule has 0 saturated carbocycles. The highest BCUT2D eigenvalue weighted by Gasteiger charge is 2.43. The molecule has 0 bridgehead atoms. The number of aliphatic carboxylic acids is 1. The first-order valence-electron chi connectivity index (χ1n) is 12.6. The molecule has 0 amide bonds. The Labute approximate surface area is 213 Å². The number of carboxylic acids is 1. The summed E-state index contributed by atoms with van der Waals surface area (Å²) in [4.78, 5) is 23.4. The SMILES string of the molecule is CC(C)c1cc(F)cc2c1C(C(=O)O)CC2(C)C.CC(C)c1cc(F)ccc1C1CC(C)(C)OC1=O. The van der Waals surface area contributed by atoms with E-state index in [1.54, 1.807) is 6.07 Å². The van der Waals surface area contributed by atoms with Crippen molar-refractivity contribution in [3.63, 3.8) is 0 Å². The van der Waals surface area contributed by atoms with Crippen molar-refractivity contribution >= 4 is 11.9 Å². The minimum Gasteiger partial charge on any atom is -0.481 e. The Kier molecular flexibility index (Phi) is 7.69. The van der Waals surface area contributed by atoms with Gasteiger partial charge in [-0.2, -0.15) is 0 Å². The second-order valence-electron chi connectivity index (χ2n) is 12.0. The Morgan fingerprint density at radius 1 is 0.944 bits per heavy atom. The van der Waals surface area contributed by atoms with Crippen molar-refractivity contribution in [1.29, 1.82) is 0 Å². The molecule has 196 valence electrons. The van der Waals surface area contributed by atoms with Gasteiger partial charge in [0.05, 0.1) is 11.8 Å². The van der Waals surface area contributed by atoms with Crippen molar-refractivity contribution in [3.05, 3.63) is 69.8 Å². The Balaban J connectivity index is 0.000000201. The first kappa shape index (κ1) is 27.8. The third-order valence-corrected chi connectivity index (χ3v) is 7.29. The lowest BCUT2D eigenvalue weighted by Gasteiger charge is -2.20. The average Bonchev–Trinajstić information content (AvgIpc) is 3.18. The molecule has 4 rings (SSSR count). The van der Waals surface area contributed by atoms with E-state index in [1.165, 1.54) is 24.3 Å². The van der Waals surface area contributed by atoms with Crippen molar-refractivity contribution in [1.82, 2.24) is 0 Å². The van der Waals surface area contributed by atoms with E-state index in [0.717, 1.165) is 27.8 Å². The summed E-state index contributed by atoms with van der Waals surface area (Å²) in [6.45, 7) is 15.7. The number of carbonyl (C=O) groups excluding carboxylic acids is 1. The molecule has 4 nitrogen and oxygen atoms in total. The highest BCUT2D eigenvalue weighted by molar-refractivity contribution is 5.81. The van der Waals surface area contributed by atoms with Crippen molar-refractivity contribution in [2.45, 2.75) is 103 Å². The lowest BCUT2D eigenvalue weighted by molar-refractivity contribution is -0.147. The van der Waals surface area contributed by atoms with Crippen molar-refractivity contribution in [2.24, 2.45) is 0 Å². The summed E-state index contributed by atoms with van der Waals surface area (Å²) < 4.78 is 32.4. The molecule has 2 aromatic carbocycles. The zero-order valence-electron chi connectivity index (χ0n) is 22.5. The summed E-state index contributed by atoms with van der Waals surface area (Å²) in [7, 11) is 0. The minimum atomic E-state index is -0.810. The average molecular weight is 501 g/mol. The molecule has 2 atom stereocenters. The molecule has 2 unspecified atom stereocenters. The number of hydrogen-bond donors (Lipinski definition) is 1. The van der Waals surface area contributed by atoms with Crippen molar-refractivity contribution in [3.8, 4) is 0 Å². The fourth-order valence-electron chi connectivity index (χ4n) is 5.56. The van der Waals surface area contributed by atoms with Crippen LogP contribution in [0, 0.1) is 11.6 Å². The van der Waals surface area contributed by atoms with Crippen LogP contribution in [0.2, 0.25) is 0 Å². The Morgan fingerprint density at radius 2 is 1.53 bits per heavy atom. The molecular formula is C30H38F2O4. The normalized spacial score (nSPS) is 21.7. The molecule has 1 aliphatic heterocycles. The first-order chi connectivity index (χ1) is 16.5. The van der Waals surface area contributed by atoms with E-state index in [-0.39, 0.29) is 40.8 Å². The van der Waals surface area contributed by atoms with E-state index in [2.05, 4.69) is 0 Å². The van der Waals surface area contributed by atoms with E-state index < -0.39 is 17.5 Å². The van der Waals surface area contributed by atoms with Gasteiger partial charge in [-0.25, -0.2) is 8.78 Å². The number of cyclic esters (lactones) is 1. The number of ether oxygens (including phenoxy) is 1. The fourth-order valence-corrected chi connectivity index (χ4v) is 5.56. The summed E-state index contributed by atoms with van der Waals surface area (Å²) >= 11 is 0. The smallest absolute Gasteiger partial charge is 0.314 e. The van der Waals surface area contributed by atoms with Gasteiger partial charge in [-0.1, -0.05) is 47.6 Å². The van der Waals surface area contributed by atoms with Crippen LogP contribution < -0.4 is 0 Å². The highest BCUT2D eigenvalue weighted by atomic mass is 19.1.